The Kier molecular flexibility index (Phi) is 8.99. The maximum atomic E-state index is 12.9. The van der Waals surface area contributed by atoms with E-state index in [0.29, 0.717) is 35.3 Å². The van der Waals surface area contributed by atoms with Crippen LogP contribution in [0.3, 0.4) is 0 Å². The number of benzene rings is 3. The summed E-state index contributed by atoms with van der Waals surface area (Å²) in [6.45, 7) is 2.38. The standard InChI is InChI=1S/C25H23ClFN3O4/c1-2-33-23-13-18(5-12-22(23)34-16-17-3-8-20(26)9-4-17)14-29-30-24(31)15-28-25(32)19-6-10-21(27)11-7-19/h3-14H,2,15-16H2,1H3,(H,28,32)(H,30,31). The van der Waals surface area contributed by atoms with Gasteiger partial charge in [-0.3, -0.25) is 9.59 Å². The van der Waals surface area contributed by atoms with Crippen LogP contribution < -0.4 is 20.2 Å². The van der Waals surface area contributed by atoms with Crippen LogP contribution in [-0.4, -0.2) is 31.2 Å². The van der Waals surface area contributed by atoms with Gasteiger partial charge in [-0.2, -0.15) is 5.10 Å². The number of carbonyl (C=O) groups is 2. The fraction of sp³-hybridized carbons (Fsp3) is 0.160. The monoisotopic (exact) mass is 483 g/mol. The molecule has 3 aromatic rings. The van der Waals surface area contributed by atoms with E-state index in [1.54, 1.807) is 30.3 Å². The number of hydrazone groups is 1. The first-order chi connectivity index (χ1) is 16.4. The second kappa shape index (κ2) is 12.4. The molecule has 3 aromatic carbocycles. The number of halogens is 2. The van der Waals surface area contributed by atoms with E-state index < -0.39 is 17.6 Å². The molecule has 176 valence electrons. The fourth-order valence-corrected chi connectivity index (χ4v) is 2.94. The van der Waals surface area contributed by atoms with Crippen LogP contribution in [-0.2, 0) is 11.4 Å². The molecule has 9 heteroatoms. The molecule has 0 fully saturated rings. The number of ether oxygens (including phenoxy) is 2. The number of hydrogen-bond acceptors (Lipinski definition) is 5. The van der Waals surface area contributed by atoms with Gasteiger partial charge in [0, 0.05) is 10.6 Å². The molecule has 0 radical (unpaired) electrons. The SMILES string of the molecule is CCOc1cc(C=NNC(=O)CNC(=O)c2ccc(F)cc2)ccc1OCc1ccc(Cl)cc1. The van der Waals surface area contributed by atoms with Gasteiger partial charge < -0.3 is 14.8 Å². The van der Waals surface area contributed by atoms with Gasteiger partial charge in [0.15, 0.2) is 11.5 Å². The lowest BCUT2D eigenvalue weighted by Crippen LogP contribution is -2.34. The predicted molar refractivity (Wildman–Crippen MR) is 128 cm³/mol. The molecule has 0 atom stereocenters. The molecule has 0 bridgehead atoms. The molecule has 0 aliphatic rings. The molecular weight excluding hydrogens is 461 g/mol. The van der Waals surface area contributed by atoms with E-state index in [0.717, 1.165) is 5.56 Å². The van der Waals surface area contributed by atoms with Crippen molar-refractivity contribution in [1.29, 1.82) is 0 Å². The summed E-state index contributed by atoms with van der Waals surface area (Å²) >= 11 is 5.91. The Hall–Kier alpha value is -3.91. The average molecular weight is 484 g/mol. The molecule has 0 spiro atoms. The van der Waals surface area contributed by atoms with E-state index in [-0.39, 0.29) is 12.1 Å². The Morgan fingerprint density at radius 3 is 2.44 bits per heavy atom. The van der Waals surface area contributed by atoms with Crippen LogP contribution in [0.1, 0.15) is 28.4 Å². The summed E-state index contributed by atoms with van der Waals surface area (Å²) in [5.74, 6) is -0.341. The molecule has 0 aromatic heterocycles. The maximum Gasteiger partial charge on any atom is 0.259 e. The largest absolute Gasteiger partial charge is 0.490 e. The number of nitrogens with zero attached hydrogens (tertiary/aromatic N) is 1. The first-order valence-corrected chi connectivity index (χ1v) is 10.8. The minimum atomic E-state index is -0.514. The van der Waals surface area contributed by atoms with Gasteiger partial charge in [-0.05, 0) is 72.6 Å². The van der Waals surface area contributed by atoms with Gasteiger partial charge in [0.2, 0.25) is 0 Å². The molecule has 3 rings (SSSR count). The fourth-order valence-electron chi connectivity index (χ4n) is 2.82. The Morgan fingerprint density at radius 1 is 1.00 bits per heavy atom. The van der Waals surface area contributed by atoms with Crippen LogP contribution in [0.25, 0.3) is 0 Å². The van der Waals surface area contributed by atoms with Crippen molar-refractivity contribution in [2.24, 2.45) is 5.10 Å². The second-order valence-electron chi connectivity index (χ2n) is 7.04. The molecule has 34 heavy (non-hydrogen) atoms. The zero-order chi connectivity index (χ0) is 24.3. The second-order valence-corrected chi connectivity index (χ2v) is 7.47. The number of hydrogen-bond donors (Lipinski definition) is 2. The maximum absolute atomic E-state index is 12.9. The summed E-state index contributed by atoms with van der Waals surface area (Å²) in [7, 11) is 0. The van der Waals surface area contributed by atoms with Crippen molar-refractivity contribution in [2.75, 3.05) is 13.2 Å². The zero-order valence-electron chi connectivity index (χ0n) is 18.4. The van der Waals surface area contributed by atoms with Gasteiger partial charge in [-0.25, -0.2) is 9.82 Å². The zero-order valence-corrected chi connectivity index (χ0v) is 19.1. The first-order valence-electron chi connectivity index (χ1n) is 10.4. The van der Waals surface area contributed by atoms with E-state index in [1.807, 2.05) is 19.1 Å². The topological polar surface area (TPSA) is 89.0 Å². The molecule has 0 unspecified atom stereocenters. The van der Waals surface area contributed by atoms with E-state index in [1.165, 1.54) is 30.5 Å². The highest BCUT2D eigenvalue weighted by atomic mass is 35.5. The Labute approximate surface area is 201 Å². The third-order valence-electron chi connectivity index (χ3n) is 4.49. The highest BCUT2D eigenvalue weighted by molar-refractivity contribution is 6.30. The Morgan fingerprint density at radius 2 is 1.74 bits per heavy atom. The van der Waals surface area contributed by atoms with Crippen LogP contribution in [0.2, 0.25) is 5.02 Å². The van der Waals surface area contributed by atoms with E-state index in [2.05, 4.69) is 15.8 Å². The number of rotatable bonds is 10. The number of carbonyl (C=O) groups excluding carboxylic acids is 2. The van der Waals surface area contributed by atoms with Crippen LogP contribution in [0.15, 0.2) is 71.8 Å². The summed E-state index contributed by atoms with van der Waals surface area (Å²) in [4.78, 5) is 23.9. The minimum Gasteiger partial charge on any atom is -0.490 e. The lowest BCUT2D eigenvalue weighted by atomic mass is 10.2. The van der Waals surface area contributed by atoms with Gasteiger partial charge in [0.25, 0.3) is 11.8 Å². The minimum absolute atomic E-state index is 0.250. The molecule has 7 nitrogen and oxygen atoms in total. The van der Waals surface area contributed by atoms with E-state index in [9.17, 15) is 14.0 Å². The third-order valence-corrected chi connectivity index (χ3v) is 4.75. The Balaban J connectivity index is 1.52. The summed E-state index contributed by atoms with van der Waals surface area (Å²) < 4.78 is 24.5. The van der Waals surface area contributed by atoms with Crippen LogP contribution >= 0.6 is 11.6 Å². The number of amides is 2. The van der Waals surface area contributed by atoms with Gasteiger partial charge in [-0.15, -0.1) is 0 Å². The highest BCUT2D eigenvalue weighted by Gasteiger charge is 2.09. The van der Waals surface area contributed by atoms with E-state index in [4.69, 9.17) is 21.1 Å². The normalized spacial score (nSPS) is 10.7. The molecule has 0 heterocycles. The molecule has 0 saturated heterocycles. The molecule has 2 amide bonds. The van der Waals surface area contributed by atoms with Gasteiger partial charge in [0.05, 0.1) is 19.4 Å². The quantitative estimate of drug-likeness (QED) is 0.332. The van der Waals surface area contributed by atoms with Crippen LogP contribution in [0.4, 0.5) is 4.39 Å². The molecular formula is C25H23ClFN3O4. The lowest BCUT2D eigenvalue weighted by Gasteiger charge is -2.12. The van der Waals surface area contributed by atoms with Crippen molar-refractivity contribution in [1.82, 2.24) is 10.7 Å². The van der Waals surface area contributed by atoms with Crippen molar-refractivity contribution in [3.05, 3.63) is 94.3 Å². The molecule has 0 aliphatic heterocycles. The molecule has 0 saturated carbocycles. The molecule has 2 N–H and O–H groups in total. The van der Waals surface area contributed by atoms with Crippen molar-refractivity contribution in [2.45, 2.75) is 13.5 Å². The Bertz CT molecular complexity index is 1150. The summed E-state index contributed by atoms with van der Waals surface area (Å²) in [6.07, 6.45) is 1.45. The number of nitrogens with one attached hydrogen (secondary N) is 2. The van der Waals surface area contributed by atoms with Crippen LogP contribution in [0.5, 0.6) is 11.5 Å². The lowest BCUT2D eigenvalue weighted by molar-refractivity contribution is -0.120. The van der Waals surface area contributed by atoms with Crippen molar-refractivity contribution in [3.8, 4) is 11.5 Å². The summed E-state index contributed by atoms with van der Waals surface area (Å²) in [6, 6.07) is 17.6. The first kappa shape index (κ1) is 24.7. The average Bonchev–Trinajstić information content (AvgIpc) is 2.84. The third kappa shape index (κ3) is 7.60. The van der Waals surface area contributed by atoms with Gasteiger partial charge >= 0.3 is 0 Å². The summed E-state index contributed by atoms with van der Waals surface area (Å²) in [5.41, 5.74) is 4.23. The van der Waals surface area contributed by atoms with Crippen LogP contribution in [0, 0.1) is 5.82 Å². The molecule has 0 aliphatic carbocycles. The smallest absolute Gasteiger partial charge is 0.259 e. The van der Waals surface area contributed by atoms with E-state index >= 15 is 0 Å². The summed E-state index contributed by atoms with van der Waals surface area (Å²) in [5, 5.41) is 7.00. The van der Waals surface area contributed by atoms with Gasteiger partial charge in [0.1, 0.15) is 12.4 Å². The highest BCUT2D eigenvalue weighted by Crippen LogP contribution is 2.29. The van der Waals surface area contributed by atoms with Crippen molar-refractivity contribution < 1.29 is 23.5 Å². The van der Waals surface area contributed by atoms with Crippen molar-refractivity contribution in [3.63, 3.8) is 0 Å². The predicted octanol–water partition coefficient (Wildman–Crippen LogP) is 4.34. The van der Waals surface area contributed by atoms with Crippen molar-refractivity contribution >= 4 is 29.6 Å². The van der Waals surface area contributed by atoms with Gasteiger partial charge in [-0.1, -0.05) is 23.7 Å².